The van der Waals surface area contributed by atoms with Gasteiger partial charge in [0.1, 0.15) is 12.3 Å². The van der Waals surface area contributed by atoms with Gasteiger partial charge in [-0.25, -0.2) is 4.99 Å². The van der Waals surface area contributed by atoms with Crippen LogP contribution in [0, 0.1) is 0 Å². The second-order valence-electron chi connectivity index (χ2n) is 7.06. The first-order chi connectivity index (χ1) is 14.1. The summed E-state index contributed by atoms with van der Waals surface area (Å²) in [6.45, 7) is 2.47. The number of carbonyl (C=O) groups excluding carboxylic acids is 1. The molecule has 0 fully saturated rings. The van der Waals surface area contributed by atoms with Crippen LogP contribution < -0.4 is 10.6 Å². The van der Waals surface area contributed by atoms with Gasteiger partial charge in [-0.3, -0.25) is 4.79 Å². The van der Waals surface area contributed by atoms with Gasteiger partial charge < -0.3 is 24.5 Å². The number of aromatic nitrogens is 1. The van der Waals surface area contributed by atoms with Crippen molar-refractivity contribution in [3.8, 4) is 0 Å². The molecule has 0 aliphatic carbocycles. The zero-order valence-corrected chi connectivity index (χ0v) is 19.8. The van der Waals surface area contributed by atoms with E-state index in [1.165, 1.54) is 10.9 Å². The van der Waals surface area contributed by atoms with Crippen molar-refractivity contribution in [3.63, 3.8) is 0 Å². The average molecular weight is 523 g/mol. The fourth-order valence-corrected chi connectivity index (χ4v) is 3.01. The predicted molar refractivity (Wildman–Crippen MR) is 131 cm³/mol. The van der Waals surface area contributed by atoms with Gasteiger partial charge in [-0.15, -0.1) is 24.0 Å². The number of carbonyl (C=O) groups is 1. The minimum absolute atomic E-state index is 0. The van der Waals surface area contributed by atoms with Crippen molar-refractivity contribution in [3.05, 3.63) is 60.7 Å². The molecule has 1 aromatic carbocycles. The molecule has 7 nitrogen and oxygen atoms in total. The summed E-state index contributed by atoms with van der Waals surface area (Å²) in [5, 5.41) is 7.86. The van der Waals surface area contributed by atoms with E-state index in [4.69, 9.17) is 4.42 Å². The van der Waals surface area contributed by atoms with E-state index in [2.05, 4.69) is 56.7 Å². The molecule has 0 spiro atoms. The Labute approximate surface area is 194 Å². The molecule has 0 aliphatic rings. The molecule has 2 N–H and O–H groups in total. The van der Waals surface area contributed by atoms with E-state index < -0.39 is 0 Å². The molecule has 1 amide bonds. The minimum atomic E-state index is -0.0315. The highest BCUT2D eigenvalue weighted by atomic mass is 127. The third-order valence-corrected chi connectivity index (χ3v) is 4.66. The number of likely N-dealkylation sites (N-methyl/N-ethyl adjacent to an activating group) is 1. The Morgan fingerprint density at radius 2 is 1.90 bits per heavy atom. The van der Waals surface area contributed by atoms with Gasteiger partial charge in [-0.1, -0.05) is 18.2 Å². The number of fused-ring (bicyclic) bond motifs is 1. The van der Waals surface area contributed by atoms with Crippen LogP contribution in [0.15, 0.2) is 64.3 Å². The summed E-state index contributed by atoms with van der Waals surface area (Å²) in [6, 6.07) is 14.3. The number of guanidine groups is 1. The normalized spacial score (nSPS) is 11.2. The fraction of sp³-hybridized carbons (Fsp3) is 0.364. The lowest BCUT2D eigenvalue weighted by molar-refractivity contribution is -0.127. The predicted octanol–water partition coefficient (Wildman–Crippen LogP) is 3.11. The van der Waals surface area contributed by atoms with Crippen molar-refractivity contribution in [2.24, 2.45) is 4.99 Å². The highest BCUT2D eigenvalue weighted by molar-refractivity contribution is 14.0. The summed E-state index contributed by atoms with van der Waals surface area (Å²) in [5.41, 5.74) is 1.24. The lowest BCUT2D eigenvalue weighted by atomic mass is 10.2. The maximum Gasteiger partial charge on any atom is 0.243 e. The minimum Gasteiger partial charge on any atom is -0.469 e. The molecule has 3 rings (SSSR count). The molecule has 0 unspecified atom stereocenters. The standard InChI is InChI=1S/C22H29N5O2.HI/c1-26(2)21(28)17-25-22(24-13-10-19-8-5-16-29-19)23-12-6-14-27-15-11-18-7-3-4-9-20(18)27;/h3-5,7-9,11,15-16H,6,10,12-14,17H2,1-2H3,(H2,23,24,25);1H. The maximum absolute atomic E-state index is 11.9. The van der Waals surface area contributed by atoms with Crippen molar-refractivity contribution in [2.45, 2.75) is 19.4 Å². The van der Waals surface area contributed by atoms with Crippen LogP contribution in [0.2, 0.25) is 0 Å². The number of rotatable bonds is 9. The third kappa shape index (κ3) is 7.08. The Balaban J connectivity index is 0.00000320. The van der Waals surface area contributed by atoms with Crippen LogP contribution in [0.5, 0.6) is 0 Å². The molecule has 0 saturated heterocycles. The summed E-state index contributed by atoms with van der Waals surface area (Å²) in [5.74, 6) is 1.53. The van der Waals surface area contributed by atoms with Gasteiger partial charge in [-0.05, 0) is 36.1 Å². The Morgan fingerprint density at radius 1 is 1.10 bits per heavy atom. The number of aliphatic imine (C=N–C) groups is 1. The first-order valence-corrected chi connectivity index (χ1v) is 9.92. The Kier molecular flexibility index (Phi) is 9.72. The first-order valence-electron chi connectivity index (χ1n) is 9.92. The number of aryl methyl sites for hydroxylation is 1. The van der Waals surface area contributed by atoms with Crippen molar-refractivity contribution >= 4 is 46.7 Å². The topological polar surface area (TPSA) is 74.8 Å². The van der Waals surface area contributed by atoms with E-state index in [9.17, 15) is 4.79 Å². The van der Waals surface area contributed by atoms with Gasteiger partial charge >= 0.3 is 0 Å². The molecule has 2 heterocycles. The van der Waals surface area contributed by atoms with Crippen molar-refractivity contribution in [2.75, 3.05) is 33.7 Å². The summed E-state index contributed by atoms with van der Waals surface area (Å²) in [6.07, 6.45) is 5.49. The molecular formula is C22H30IN5O2. The smallest absolute Gasteiger partial charge is 0.243 e. The molecular weight excluding hydrogens is 493 g/mol. The van der Waals surface area contributed by atoms with Crippen LogP contribution >= 0.6 is 24.0 Å². The number of nitrogens with zero attached hydrogens (tertiary/aromatic N) is 3. The number of hydrogen-bond donors (Lipinski definition) is 2. The van der Waals surface area contributed by atoms with Crippen LogP contribution in [0.25, 0.3) is 10.9 Å². The van der Waals surface area contributed by atoms with E-state index >= 15 is 0 Å². The van der Waals surface area contributed by atoms with E-state index in [0.717, 1.165) is 31.7 Å². The zero-order valence-electron chi connectivity index (χ0n) is 17.5. The van der Waals surface area contributed by atoms with E-state index in [1.54, 1.807) is 25.3 Å². The Morgan fingerprint density at radius 3 is 2.67 bits per heavy atom. The molecule has 162 valence electrons. The van der Waals surface area contributed by atoms with Crippen LogP contribution in [-0.2, 0) is 17.8 Å². The molecule has 8 heteroatoms. The number of benzene rings is 1. The Hall–Kier alpha value is -2.49. The largest absolute Gasteiger partial charge is 0.469 e. The van der Waals surface area contributed by atoms with Gasteiger partial charge in [0.05, 0.1) is 6.26 Å². The summed E-state index contributed by atoms with van der Waals surface area (Å²) in [4.78, 5) is 17.8. The van der Waals surface area contributed by atoms with Crippen molar-refractivity contribution < 1.29 is 9.21 Å². The molecule has 0 atom stereocenters. The highest BCUT2D eigenvalue weighted by Crippen LogP contribution is 2.15. The van der Waals surface area contributed by atoms with Gasteiger partial charge in [0, 0.05) is 51.9 Å². The van der Waals surface area contributed by atoms with Crippen LogP contribution in [0.4, 0.5) is 0 Å². The second kappa shape index (κ2) is 12.3. The van der Waals surface area contributed by atoms with Crippen LogP contribution in [0.1, 0.15) is 12.2 Å². The lowest BCUT2D eigenvalue weighted by Gasteiger charge is -2.14. The summed E-state index contributed by atoms with van der Waals surface area (Å²) < 4.78 is 7.61. The van der Waals surface area contributed by atoms with E-state index in [0.29, 0.717) is 12.5 Å². The summed E-state index contributed by atoms with van der Waals surface area (Å²) >= 11 is 0. The highest BCUT2D eigenvalue weighted by Gasteiger charge is 2.05. The molecule has 0 saturated carbocycles. The lowest BCUT2D eigenvalue weighted by Crippen LogP contribution is -2.40. The SMILES string of the molecule is CN(C)C(=O)CN=C(NCCCn1ccc2ccccc21)NCCc1ccco1.I. The van der Waals surface area contributed by atoms with Crippen molar-refractivity contribution in [1.29, 1.82) is 0 Å². The molecule has 0 bridgehead atoms. The van der Waals surface area contributed by atoms with Gasteiger partial charge in [0.25, 0.3) is 0 Å². The number of para-hydroxylation sites is 1. The molecule has 0 aliphatic heterocycles. The maximum atomic E-state index is 11.9. The monoisotopic (exact) mass is 523 g/mol. The number of halogens is 1. The van der Waals surface area contributed by atoms with Crippen LogP contribution in [-0.4, -0.2) is 55.1 Å². The van der Waals surface area contributed by atoms with Gasteiger partial charge in [0.2, 0.25) is 5.91 Å². The van der Waals surface area contributed by atoms with Crippen LogP contribution in [0.3, 0.4) is 0 Å². The number of hydrogen-bond acceptors (Lipinski definition) is 3. The quantitative estimate of drug-likeness (QED) is 0.196. The van der Waals surface area contributed by atoms with Gasteiger partial charge in [0.15, 0.2) is 5.96 Å². The second-order valence-corrected chi connectivity index (χ2v) is 7.06. The molecule has 0 radical (unpaired) electrons. The molecule has 2 aromatic heterocycles. The number of furan rings is 1. The zero-order chi connectivity index (χ0) is 20.5. The molecule has 3 aromatic rings. The van der Waals surface area contributed by atoms with E-state index in [-0.39, 0.29) is 36.4 Å². The third-order valence-electron chi connectivity index (χ3n) is 4.66. The van der Waals surface area contributed by atoms with Gasteiger partial charge in [-0.2, -0.15) is 0 Å². The number of amides is 1. The average Bonchev–Trinajstić information content (AvgIpc) is 3.38. The van der Waals surface area contributed by atoms with E-state index in [1.807, 2.05) is 12.1 Å². The molecule has 30 heavy (non-hydrogen) atoms. The van der Waals surface area contributed by atoms with Crippen molar-refractivity contribution in [1.82, 2.24) is 20.1 Å². The summed E-state index contributed by atoms with van der Waals surface area (Å²) in [7, 11) is 3.47. The Bertz CT molecular complexity index is 934. The fourth-order valence-electron chi connectivity index (χ4n) is 3.01. The first kappa shape index (κ1) is 23.8. The number of nitrogens with one attached hydrogen (secondary N) is 2.